The van der Waals surface area contributed by atoms with Gasteiger partial charge in [-0.05, 0) is 50.9 Å². The number of nitrogens with zero attached hydrogens (tertiary/aromatic N) is 3. The number of aryl methyl sites for hydroxylation is 1. The summed E-state index contributed by atoms with van der Waals surface area (Å²) in [6.45, 7) is 1.94. The van der Waals surface area contributed by atoms with Gasteiger partial charge in [-0.2, -0.15) is 0 Å². The van der Waals surface area contributed by atoms with Crippen LogP contribution in [-0.2, 0) is 6.42 Å². The van der Waals surface area contributed by atoms with E-state index in [0.717, 1.165) is 31.6 Å². The predicted molar refractivity (Wildman–Crippen MR) is 80.7 cm³/mol. The van der Waals surface area contributed by atoms with Gasteiger partial charge in [-0.25, -0.2) is 14.4 Å². The van der Waals surface area contributed by atoms with E-state index in [0.29, 0.717) is 30.0 Å². The quantitative estimate of drug-likeness (QED) is 0.795. The molecule has 0 spiro atoms. The lowest BCUT2D eigenvalue weighted by molar-refractivity contribution is 0.513. The van der Waals surface area contributed by atoms with Crippen LogP contribution in [0.1, 0.15) is 51.1 Å². The number of fused-ring (bicyclic) bond motifs is 2. The van der Waals surface area contributed by atoms with Gasteiger partial charge in [-0.15, -0.1) is 0 Å². The molecule has 3 nitrogen and oxygen atoms in total. The molecule has 2 aliphatic heterocycles. The Bertz CT molecular complexity index is 563. The van der Waals surface area contributed by atoms with Gasteiger partial charge in [0.25, 0.3) is 0 Å². The first kappa shape index (κ1) is 13.2. The molecular formula is C17H22FN3. The van der Waals surface area contributed by atoms with Crippen LogP contribution in [0.15, 0.2) is 18.0 Å². The molecule has 2 bridgehead atoms. The summed E-state index contributed by atoms with van der Waals surface area (Å²) >= 11 is 0. The largest absolute Gasteiger partial charge is 0.347 e. The van der Waals surface area contributed by atoms with Crippen LogP contribution < -0.4 is 4.90 Å². The van der Waals surface area contributed by atoms with E-state index >= 15 is 0 Å². The molecule has 0 aromatic carbocycles. The number of rotatable bonds is 3. The van der Waals surface area contributed by atoms with Crippen molar-refractivity contribution in [3.63, 3.8) is 0 Å². The fourth-order valence-corrected chi connectivity index (χ4v) is 3.95. The summed E-state index contributed by atoms with van der Waals surface area (Å²) < 4.78 is 14.6. The van der Waals surface area contributed by atoms with E-state index in [1.807, 2.05) is 6.92 Å². The van der Waals surface area contributed by atoms with Crippen molar-refractivity contribution in [2.45, 2.75) is 64.0 Å². The molecule has 1 aliphatic carbocycles. The highest BCUT2D eigenvalue weighted by atomic mass is 19.1. The lowest BCUT2D eigenvalue weighted by atomic mass is 9.95. The highest BCUT2D eigenvalue weighted by Crippen LogP contribution is 2.43. The minimum Gasteiger partial charge on any atom is -0.347 e. The number of piperidine rings is 1. The van der Waals surface area contributed by atoms with E-state index < -0.39 is 0 Å². The van der Waals surface area contributed by atoms with Crippen LogP contribution in [0.5, 0.6) is 0 Å². The number of halogens is 1. The third kappa shape index (κ3) is 2.34. The lowest BCUT2D eigenvalue weighted by Gasteiger charge is -2.37. The smallest absolute Gasteiger partial charge is 0.187 e. The normalized spacial score (nSPS) is 28.1. The van der Waals surface area contributed by atoms with E-state index in [1.165, 1.54) is 19.2 Å². The van der Waals surface area contributed by atoms with Crippen LogP contribution in [0.3, 0.4) is 0 Å². The molecule has 2 atom stereocenters. The summed E-state index contributed by atoms with van der Waals surface area (Å²) in [7, 11) is 0. The molecule has 2 saturated heterocycles. The molecule has 1 aromatic rings. The average molecular weight is 287 g/mol. The molecule has 4 heteroatoms. The Morgan fingerprint density at radius 1 is 1.19 bits per heavy atom. The van der Waals surface area contributed by atoms with Crippen molar-refractivity contribution in [1.29, 1.82) is 0 Å². The van der Waals surface area contributed by atoms with Crippen LogP contribution in [0.25, 0.3) is 0 Å². The van der Waals surface area contributed by atoms with Crippen molar-refractivity contribution < 1.29 is 4.39 Å². The van der Waals surface area contributed by atoms with Crippen molar-refractivity contribution in [1.82, 2.24) is 9.97 Å². The summed E-state index contributed by atoms with van der Waals surface area (Å²) in [6, 6.07) is 0.866. The average Bonchev–Trinajstić information content (AvgIpc) is 3.25. The zero-order valence-electron chi connectivity index (χ0n) is 12.6. The fraction of sp³-hybridized carbons (Fsp3) is 0.647. The van der Waals surface area contributed by atoms with E-state index in [4.69, 9.17) is 0 Å². The van der Waals surface area contributed by atoms with Gasteiger partial charge in [0.1, 0.15) is 6.33 Å². The highest BCUT2D eigenvalue weighted by Gasteiger charge is 2.41. The summed E-state index contributed by atoms with van der Waals surface area (Å²) in [5.41, 5.74) is 2.14. The highest BCUT2D eigenvalue weighted by molar-refractivity contribution is 5.47. The maximum Gasteiger partial charge on any atom is 0.187 e. The number of anilines is 1. The second-order valence-corrected chi connectivity index (χ2v) is 6.67. The van der Waals surface area contributed by atoms with E-state index in [-0.39, 0.29) is 5.82 Å². The van der Waals surface area contributed by atoms with Crippen molar-refractivity contribution in [2.75, 3.05) is 4.90 Å². The topological polar surface area (TPSA) is 29.0 Å². The first-order chi connectivity index (χ1) is 10.3. The molecule has 2 unspecified atom stereocenters. The second-order valence-electron chi connectivity index (χ2n) is 6.67. The summed E-state index contributed by atoms with van der Waals surface area (Å²) in [6.07, 6.45) is 11.9. The molecule has 3 heterocycles. The molecular weight excluding hydrogens is 265 g/mol. The van der Waals surface area contributed by atoms with Gasteiger partial charge in [-0.1, -0.05) is 18.6 Å². The Balaban J connectivity index is 1.62. The Hall–Kier alpha value is -1.45. The van der Waals surface area contributed by atoms with Gasteiger partial charge >= 0.3 is 0 Å². The zero-order chi connectivity index (χ0) is 14.4. The van der Waals surface area contributed by atoms with Crippen molar-refractivity contribution in [2.24, 2.45) is 5.92 Å². The lowest BCUT2D eigenvalue weighted by Crippen LogP contribution is -2.42. The molecule has 21 heavy (non-hydrogen) atoms. The Labute approximate surface area is 125 Å². The van der Waals surface area contributed by atoms with Crippen molar-refractivity contribution >= 4 is 5.82 Å². The molecule has 112 valence electrons. The van der Waals surface area contributed by atoms with Crippen LogP contribution in [0.2, 0.25) is 0 Å². The number of hydrogen-bond acceptors (Lipinski definition) is 3. The van der Waals surface area contributed by atoms with E-state index in [1.54, 1.807) is 5.57 Å². The van der Waals surface area contributed by atoms with Gasteiger partial charge in [0.05, 0.1) is 5.69 Å². The summed E-state index contributed by atoms with van der Waals surface area (Å²) in [5, 5.41) is 0. The molecule has 1 aromatic heterocycles. The van der Waals surface area contributed by atoms with E-state index in [2.05, 4.69) is 20.9 Å². The molecule has 0 amide bonds. The monoisotopic (exact) mass is 287 g/mol. The molecule has 3 fully saturated rings. The Morgan fingerprint density at radius 3 is 2.52 bits per heavy atom. The van der Waals surface area contributed by atoms with Gasteiger partial charge in [0.15, 0.2) is 11.6 Å². The molecule has 0 N–H and O–H groups in total. The van der Waals surface area contributed by atoms with Gasteiger partial charge in [-0.3, -0.25) is 0 Å². The van der Waals surface area contributed by atoms with Gasteiger partial charge in [0, 0.05) is 12.1 Å². The number of hydrogen-bond donors (Lipinski definition) is 0. The van der Waals surface area contributed by atoms with Gasteiger partial charge in [0.2, 0.25) is 0 Å². The number of aromatic nitrogens is 2. The standard InChI is InChI=1S/C17H22FN3/c1-2-15-16(18)17(20-10-19-15)21-13-5-6-14(21)9-12(8-13)7-11-3-4-11/h7,10-11,13-14H,2-6,8-9H2,1H3. The minimum atomic E-state index is -0.202. The molecule has 1 saturated carbocycles. The number of allylic oxidation sites excluding steroid dienone is 1. The van der Waals surface area contributed by atoms with E-state index in [9.17, 15) is 4.39 Å². The zero-order valence-corrected chi connectivity index (χ0v) is 12.6. The minimum absolute atomic E-state index is 0.202. The fourth-order valence-electron chi connectivity index (χ4n) is 3.95. The van der Waals surface area contributed by atoms with Crippen molar-refractivity contribution in [3.05, 3.63) is 29.5 Å². The van der Waals surface area contributed by atoms with Crippen molar-refractivity contribution in [3.8, 4) is 0 Å². The van der Waals surface area contributed by atoms with Gasteiger partial charge < -0.3 is 4.90 Å². The van der Waals surface area contributed by atoms with Crippen LogP contribution in [0.4, 0.5) is 10.2 Å². The maximum atomic E-state index is 14.6. The molecule has 0 radical (unpaired) electrons. The first-order valence-corrected chi connectivity index (χ1v) is 8.23. The van der Waals surface area contributed by atoms with Crippen LogP contribution in [0, 0.1) is 11.7 Å². The third-order valence-corrected chi connectivity index (χ3v) is 5.13. The van der Waals surface area contributed by atoms with Crippen LogP contribution in [-0.4, -0.2) is 22.1 Å². The first-order valence-electron chi connectivity index (χ1n) is 8.23. The molecule has 3 aliphatic rings. The third-order valence-electron chi connectivity index (χ3n) is 5.13. The summed E-state index contributed by atoms with van der Waals surface area (Å²) in [4.78, 5) is 10.6. The SMILES string of the molecule is CCc1ncnc(N2C3CCC2CC(=CC2CC2)C3)c1F. The van der Waals surface area contributed by atoms with Crippen LogP contribution >= 0.6 is 0 Å². The summed E-state index contributed by atoms with van der Waals surface area (Å²) in [5.74, 6) is 1.18. The predicted octanol–water partition coefficient (Wildman–Crippen LogP) is 3.65. The second kappa shape index (κ2) is 5.08. The molecule has 4 rings (SSSR count). The Kier molecular flexibility index (Phi) is 3.20. The Morgan fingerprint density at radius 2 is 1.90 bits per heavy atom. The maximum absolute atomic E-state index is 14.6.